The van der Waals surface area contributed by atoms with E-state index in [0.717, 1.165) is 0 Å². The Labute approximate surface area is 82.1 Å². The van der Waals surface area contributed by atoms with Gasteiger partial charge in [-0.25, -0.2) is 0 Å². The Hall–Kier alpha value is -1.70. The first-order chi connectivity index (χ1) is 6.77. The molecule has 0 unspecified atom stereocenters. The quantitative estimate of drug-likeness (QED) is 0.680. The van der Waals surface area contributed by atoms with Gasteiger partial charge in [-0.05, 0) is 0 Å². The van der Waals surface area contributed by atoms with Crippen LogP contribution in [0.15, 0.2) is 23.1 Å². The molecule has 0 atom stereocenters. The van der Waals surface area contributed by atoms with Crippen molar-refractivity contribution >= 4 is 7.27 Å². The molecule has 3 nitrogen and oxygen atoms in total. The van der Waals surface area contributed by atoms with Gasteiger partial charge in [-0.3, -0.25) is 0 Å². The number of nitrogens with zero attached hydrogens (tertiary/aromatic N) is 2. The molecule has 0 aromatic heterocycles. The Morgan fingerprint density at radius 1 is 1.64 bits per heavy atom. The van der Waals surface area contributed by atoms with Crippen LogP contribution >= 0.6 is 0 Å². The number of nitriles is 1. The molecule has 0 aliphatic rings. The van der Waals surface area contributed by atoms with Crippen molar-refractivity contribution in [3.05, 3.63) is 35.1 Å². The summed E-state index contributed by atoms with van der Waals surface area (Å²) in [5, 5.41) is 8.48. The summed E-state index contributed by atoms with van der Waals surface area (Å²) in [5.74, 6) is -0.516. The van der Waals surface area contributed by atoms with Gasteiger partial charge in [-0.1, -0.05) is 0 Å². The second kappa shape index (κ2) is 5.13. The zero-order chi connectivity index (χ0) is 10.4. The Morgan fingerprint density at radius 3 is 3.00 bits per heavy atom. The maximum atomic E-state index is 13.1. The predicted octanol–water partition coefficient (Wildman–Crippen LogP) is 1.65. The van der Waals surface area contributed by atoms with E-state index in [4.69, 9.17) is 5.26 Å². The van der Waals surface area contributed by atoms with Crippen LogP contribution < -0.4 is 0 Å². The summed E-state index contributed by atoms with van der Waals surface area (Å²) >= 11 is 0. The molecule has 1 aromatic carbocycles. The topological polar surface area (TPSA) is 45.4 Å². The molecule has 0 N–H and O–H groups in total. The van der Waals surface area contributed by atoms with Gasteiger partial charge in [0.25, 0.3) is 0 Å². The zero-order valence-corrected chi connectivity index (χ0v) is 7.70. The fourth-order valence-corrected chi connectivity index (χ4v) is 0.965. The minimum atomic E-state index is -0.516. The molecule has 0 saturated carbocycles. The summed E-state index contributed by atoms with van der Waals surface area (Å²) in [7, 11) is 2.78. The molecule has 0 aliphatic heterocycles. The van der Waals surface area contributed by atoms with Gasteiger partial charge < -0.3 is 0 Å². The monoisotopic (exact) mass is 190 g/mol. The van der Waals surface area contributed by atoms with Gasteiger partial charge in [0, 0.05) is 0 Å². The Bertz CT molecular complexity index is 387. The number of rotatable bonds is 3. The molecule has 70 valence electrons. The van der Waals surface area contributed by atoms with Crippen molar-refractivity contribution in [1.82, 2.24) is 0 Å². The molecule has 5 heteroatoms. The van der Waals surface area contributed by atoms with E-state index >= 15 is 0 Å². The predicted molar refractivity (Wildman–Crippen MR) is 50.0 cm³/mol. The summed E-state index contributed by atoms with van der Waals surface area (Å²) in [6, 6.07) is 6.15. The SMILES string of the molecule is COB=NCc1ccc(C#N)c(F)c1. The van der Waals surface area contributed by atoms with Gasteiger partial charge >= 0.3 is 81.3 Å². The number of hydrogen-bond acceptors (Lipinski definition) is 3. The second-order valence-electron chi connectivity index (χ2n) is 2.61. The van der Waals surface area contributed by atoms with Crippen molar-refractivity contribution < 1.29 is 9.04 Å². The normalized spacial score (nSPS) is 9.50. The molecule has 1 aromatic rings. The Morgan fingerprint density at radius 2 is 2.43 bits per heavy atom. The van der Waals surface area contributed by atoms with Crippen LogP contribution in [0.1, 0.15) is 11.1 Å². The van der Waals surface area contributed by atoms with E-state index in [9.17, 15) is 4.39 Å². The number of hydrogen-bond donors (Lipinski definition) is 0. The van der Waals surface area contributed by atoms with E-state index in [-0.39, 0.29) is 5.56 Å². The summed E-state index contributed by atoms with van der Waals surface area (Å²) in [5.41, 5.74) is 0.749. The van der Waals surface area contributed by atoms with Crippen LogP contribution in [0.5, 0.6) is 0 Å². The Kier molecular flexibility index (Phi) is 3.80. The standard InChI is InChI=1S/C9H8BFN2O/c1-14-10-13-6-7-2-3-8(5-12)9(11)4-7/h2-4H,6H2,1H3. The third-order valence-corrected chi connectivity index (χ3v) is 1.61. The molecule has 14 heavy (non-hydrogen) atoms. The summed E-state index contributed by atoms with van der Waals surface area (Å²) in [6.45, 7) is 0.344. The van der Waals surface area contributed by atoms with Crippen molar-refractivity contribution in [3.63, 3.8) is 0 Å². The van der Waals surface area contributed by atoms with Gasteiger partial charge in [-0.2, -0.15) is 0 Å². The molecule has 0 spiro atoms. The van der Waals surface area contributed by atoms with Crippen molar-refractivity contribution in [2.24, 2.45) is 4.90 Å². The first-order valence-electron chi connectivity index (χ1n) is 3.97. The molecule has 1 rings (SSSR count). The van der Waals surface area contributed by atoms with Crippen LogP contribution in [0.25, 0.3) is 0 Å². The van der Waals surface area contributed by atoms with Crippen LogP contribution in [0.3, 0.4) is 0 Å². The van der Waals surface area contributed by atoms with Crippen LogP contribution in [0, 0.1) is 17.1 Å². The van der Waals surface area contributed by atoms with E-state index in [1.807, 2.05) is 0 Å². The first-order valence-corrected chi connectivity index (χ1v) is 3.97. The molecule has 0 amide bonds. The van der Waals surface area contributed by atoms with E-state index in [2.05, 4.69) is 9.55 Å². The summed E-state index contributed by atoms with van der Waals surface area (Å²) in [6.07, 6.45) is 0. The molecule has 0 heterocycles. The van der Waals surface area contributed by atoms with Gasteiger partial charge in [0.2, 0.25) is 0 Å². The molecule has 0 fully saturated rings. The van der Waals surface area contributed by atoms with Crippen LogP contribution in [-0.4, -0.2) is 14.4 Å². The van der Waals surface area contributed by atoms with E-state index in [0.29, 0.717) is 12.1 Å². The maximum absolute atomic E-state index is 13.1. The van der Waals surface area contributed by atoms with Gasteiger partial charge in [0.1, 0.15) is 0 Å². The number of halogens is 1. The van der Waals surface area contributed by atoms with Crippen LogP contribution in [0.2, 0.25) is 0 Å². The second-order valence-corrected chi connectivity index (χ2v) is 2.61. The van der Waals surface area contributed by atoms with Gasteiger partial charge in [0.05, 0.1) is 0 Å². The van der Waals surface area contributed by atoms with E-state index < -0.39 is 5.82 Å². The zero-order valence-electron chi connectivity index (χ0n) is 7.70. The molecule has 0 saturated heterocycles. The van der Waals surface area contributed by atoms with Crippen molar-refractivity contribution in [1.29, 1.82) is 5.26 Å². The number of benzene rings is 1. The van der Waals surface area contributed by atoms with Crippen LogP contribution in [0.4, 0.5) is 4.39 Å². The molecular formula is C9H8BFN2O. The van der Waals surface area contributed by atoms with Crippen molar-refractivity contribution in [3.8, 4) is 6.07 Å². The molecule has 0 bridgehead atoms. The van der Waals surface area contributed by atoms with Crippen LogP contribution in [-0.2, 0) is 11.2 Å². The Balaban J connectivity index is 2.77. The fraction of sp³-hybridized carbons (Fsp3) is 0.222. The van der Waals surface area contributed by atoms with Crippen molar-refractivity contribution in [2.75, 3.05) is 7.11 Å². The summed E-state index contributed by atoms with van der Waals surface area (Å²) < 4.78 is 17.7. The fourth-order valence-electron chi connectivity index (χ4n) is 0.965. The molecule has 0 radical (unpaired) electrons. The minimum absolute atomic E-state index is 0.0458. The van der Waals surface area contributed by atoms with Gasteiger partial charge in [-0.15, -0.1) is 0 Å². The molecular weight excluding hydrogens is 182 g/mol. The van der Waals surface area contributed by atoms with E-state index in [1.54, 1.807) is 12.1 Å². The third kappa shape index (κ3) is 2.66. The molecule has 0 aliphatic carbocycles. The average molecular weight is 190 g/mol. The van der Waals surface area contributed by atoms with Gasteiger partial charge in [0.15, 0.2) is 0 Å². The third-order valence-electron chi connectivity index (χ3n) is 1.61. The van der Waals surface area contributed by atoms with E-state index in [1.165, 1.54) is 26.5 Å². The first kappa shape index (κ1) is 10.4. The average Bonchev–Trinajstić information content (AvgIpc) is 2.18. The van der Waals surface area contributed by atoms with Crippen molar-refractivity contribution in [2.45, 2.75) is 6.54 Å². The summed E-state index contributed by atoms with van der Waals surface area (Å²) in [4.78, 5) is 3.86.